The van der Waals surface area contributed by atoms with Gasteiger partial charge in [0.1, 0.15) is 0 Å². The standard InChI is InChI=1S/C14H18N2O2S/c1-14(2,3)10-5-7-11(8-6-10)16-12(17)9-18-15(4)13(16)19/h5-8H,9H2,1-4H3. The quantitative estimate of drug-likeness (QED) is 0.739. The van der Waals surface area contributed by atoms with Crippen LogP contribution in [0.15, 0.2) is 24.3 Å². The molecule has 0 unspecified atom stereocenters. The van der Waals surface area contributed by atoms with Crippen molar-refractivity contribution in [3.05, 3.63) is 29.8 Å². The average molecular weight is 278 g/mol. The maximum atomic E-state index is 11.9. The molecule has 1 aliphatic heterocycles. The van der Waals surface area contributed by atoms with Crippen LogP contribution in [0.3, 0.4) is 0 Å². The number of thiocarbonyl (C=S) groups is 1. The summed E-state index contributed by atoms with van der Waals surface area (Å²) in [4.78, 5) is 18.6. The molecule has 4 nitrogen and oxygen atoms in total. The van der Waals surface area contributed by atoms with Crippen LogP contribution >= 0.6 is 12.2 Å². The highest BCUT2D eigenvalue weighted by molar-refractivity contribution is 7.80. The van der Waals surface area contributed by atoms with Crippen molar-refractivity contribution in [2.24, 2.45) is 0 Å². The Balaban J connectivity index is 2.31. The first-order valence-electron chi connectivity index (χ1n) is 6.15. The third-order valence-corrected chi connectivity index (χ3v) is 3.52. The predicted molar refractivity (Wildman–Crippen MR) is 78.9 cm³/mol. The molecule has 1 aliphatic rings. The summed E-state index contributed by atoms with van der Waals surface area (Å²) in [7, 11) is 1.70. The molecule has 1 heterocycles. The lowest BCUT2D eigenvalue weighted by atomic mass is 9.87. The molecule has 0 saturated carbocycles. The first-order chi connectivity index (χ1) is 8.80. The van der Waals surface area contributed by atoms with Gasteiger partial charge in [-0.05, 0) is 35.3 Å². The van der Waals surface area contributed by atoms with E-state index in [2.05, 4.69) is 20.8 Å². The van der Waals surface area contributed by atoms with Gasteiger partial charge in [0, 0.05) is 7.05 Å². The fourth-order valence-corrected chi connectivity index (χ4v) is 2.14. The maximum absolute atomic E-state index is 11.9. The van der Waals surface area contributed by atoms with Crippen LogP contribution in [-0.4, -0.2) is 29.7 Å². The summed E-state index contributed by atoms with van der Waals surface area (Å²) in [5.41, 5.74) is 2.08. The number of nitrogens with zero attached hydrogens (tertiary/aromatic N) is 2. The molecule has 1 fully saturated rings. The van der Waals surface area contributed by atoms with Gasteiger partial charge >= 0.3 is 0 Å². The number of carbonyl (C=O) groups is 1. The summed E-state index contributed by atoms with van der Waals surface area (Å²) in [5, 5.41) is 1.80. The summed E-state index contributed by atoms with van der Waals surface area (Å²) in [5.74, 6) is -0.147. The summed E-state index contributed by atoms with van der Waals surface area (Å²) in [6, 6.07) is 7.90. The smallest absolute Gasteiger partial charge is 0.262 e. The van der Waals surface area contributed by atoms with Crippen LogP contribution in [0.5, 0.6) is 0 Å². The topological polar surface area (TPSA) is 32.8 Å². The average Bonchev–Trinajstić information content (AvgIpc) is 2.34. The van der Waals surface area contributed by atoms with Crippen molar-refractivity contribution in [3.8, 4) is 0 Å². The molecule has 1 amide bonds. The minimum Gasteiger partial charge on any atom is -0.271 e. The molecule has 5 heteroatoms. The van der Waals surface area contributed by atoms with Gasteiger partial charge in [-0.15, -0.1) is 0 Å². The second-order valence-electron chi connectivity index (χ2n) is 5.58. The van der Waals surface area contributed by atoms with Crippen molar-refractivity contribution in [1.29, 1.82) is 0 Å². The molecule has 2 rings (SSSR count). The molecule has 0 aliphatic carbocycles. The Kier molecular flexibility index (Phi) is 3.60. The van der Waals surface area contributed by atoms with Gasteiger partial charge in [0.15, 0.2) is 6.61 Å². The zero-order valence-electron chi connectivity index (χ0n) is 11.6. The molecular weight excluding hydrogens is 260 g/mol. The fraction of sp³-hybridized carbons (Fsp3) is 0.429. The van der Waals surface area contributed by atoms with Gasteiger partial charge in [0.2, 0.25) is 5.11 Å². The molecule has 1 saturated heterocycles. The minimum absolute atomic E-state index is 0.0116. The Morgan fingerprint density at radius 2 is 1.79 bits per heavy atom. The van der Waals surface area contributed by atoms with Gasteiger partial charge in [-0.2, -0.15) is 0 Å². The van der Waals surface area contributed by atoms with Crippen molar-refractivity contribution in [3.63, 3.8) is 0 Å². The number of rotatable bonds is 1. The van der Waals surface area contributed by atoms with Crippen molar-refractivity contribution < 1.29 is 9.63 Å². The molecule has 1 aromatic rings. The first-order valence-corrected chi connectivity index (χ1v) is 6.55. The van der Waals surface area contributed by atoms with Crippen molar-refractivity contribution in [1.82, 2.24) is 5.06 Å². The Labute approximate surface area is 118 Å². The number of benzene rings is 1. The number of carbonyl (C=O) groups excluding carboxylic acids is 1. The van der Waals surface area contributed by atoms with Crippen molar-refractivity contribution >= 4 is 28.9 Å². The lowest BCUT2D eigenvalue weighted by Gasteiger charge is -2.33. The third kappa shape index (κ3) is 2.77. The van der Waals surface area contributed by atoms with E-state index in [1.165, 1.54) is 15.5 Å². The van der Waals surface area contributed by atoms with E-state index in [4.69, 9.17) is 17.1 Å². The molecule has 0 bridgehead atoms. The molecule has 102 valence electrons. The lowest BCUT2D eigenvalue weighted by molar-refractivity contribution is -0.142. The SMILES string of the molecule is CN1OCC(=O)N(c2ccc(C(C)(C)C)cc2)C1=S. The van der Waals surface area contributed by atoms with Crippen LogP contribution in [0.4, 0.5) is 5.69 Å². The van der Waals surface area contributed by atoms with Crippen molar-refractivity contribution in [2.75, 3.05) is 18.6 Å². The Hall–Kier alpha value is -1.46. The van der Waals surface area contributed by atoms with Gasteiger partial charge in [-0.25, -0.2) is 5.06 Å². The van der Waals surface area contributed by atoms with Gasteiger partial charge in [-0.3, -0.25) is 14.5 Å². The monoisotopic (exact) mass is 278 g/mol. The van der Waals surface area contributed by atoms with Crippen LogP contribution < -0.4 is 4.90 Å². The second kappa shape index (κ2) is 4.90. The molecule has 1 aromatic carbocycles. The summed E-state index contributed by atoms with van der Waals surface area (Å²) < 4.78 is 0. The highest BCUT2D eigenvalue weighted by atomic mass is 32.1. The lowest BCUT2D eigenvalue weighted by Crippen LogP contribution is -2.52. The number of anilines is 1. The molecular formula is C14H18N2O2S. The summed E-state index contributed by atoms with van der Waals surface area (Å²) in [6.07, 6.45) is 0. The number of hydrogen-bond acceptors (Lipinski definition) is 3. The van der Waals surface area contributed by atoms with Gasteiger partial charge in [-0.1, -0.05) is 32.9 Å². The van der Waals surface area contributed by atoms with Crippen LogP contribution in [0.2, 0.25) is 0 Å². The van der Waals surface area contributed by atoms with E-state index in [-0.39, 0.29) is 17.9 Å². The predicted octanol–water partition coefficient (Wildman–Crippen LogP) is 2.48. The number of amides is 1. The zero-order chi connectivity index (χ0) is 14.2. The largest absolute Gasteiger partial charge is 0.271 e. The van der Waals surface area contributed by atoms with E-state index in [1.54, 1.807) is 7.05 Å². The van der Waals surface area contributed by atoms with Crippen LogP contribution in [0.1, 0.15) is 26.3 Å². The van der Waals surface area contributed by atoms with E-state index in [1.807, 2.05) is 24.3 Å². The third-order valence-electron chi connectivity index (χ3n) is 3.08. The molecule has 0 radical (unpaired) electrons. The highest BCUT2D eigenvalue weighted by Crippen LogP contribution is 2.26. The van der Waals surface area contributed by atoms with E-state index < -0.39 is 0 Å². The van der Waals surface area contributed by atoms with Crippen LogP contribution in [-0.2, 0) is 15.0 Å². The van der Waals surface area contributed by atoms with E-state index >= 15 is 0 Å². The number of hydroxylamine groups is 2. The molecule has 19 heavy (non-hydrogen) atoms. The summed E-state index contributed by atoms with van der Waals surface area (Å²) in [6.45, 7) is 6.47. The molecule has 0 aromatic heterocycles. The Bertz CT molecular complexity index is 505. The van der Waals surface area contributed by atoms with E-state index in [0.717, 1.165) is 5.69 Å². The Morgan fingerprint density at radius 1 is 1.21 bits per heavy atom. The minimum atomic E-state index is -0.147. The normalized spacial score (nSPS) is 17.1. The molecule has 0 spiro atoms. The second-order valence-corrected chi connectivity index (χ2v) is 5.94. The van der Waals surface area contributed by atoms with Gasteiger partial charge in [0.05, 0.1) is 5.69 Å². The Morgan fingerprint density at radius 3 is 2.32 bits per heavy atom. The molecule has 0 atom stereocenters. The fourth-order valence-electron chi connectivity index (χ4n) is 1.88. The van der Waals surface area contributed by atoms with E-state index in [9.17, 15) is 4.79 Å². The zero-order valence-corrected chi connectivity index (χ0v) is 12.5. The highest BCUT2D eigenvalue weighted by Gasteiger charge is 2.29. The van der Waals surface area contributed by atoms with Gasteiger partial charge in [0.25, 0.3) is 5.91 Å². The van der Waals surface area contributed by atoms with Crippen molar-refractivity contribution in [2.45, 2.75) is 26.2 Å². The van der Waals surface area contributed by atoms with Crippen LogP contribution in [0, 0.1) is 0 Å². The van der Waals surface area contributed by atoms with Gasteiger partial charge < -0.3 is 0 Å². The van der Waals surface area contributed by atoms with Crippen LogP contribution in [0.25, 0.3) is 0 Å². The number of hydrogen-bond donors (Lipinski definition) is 0. The van der Waals surface area contributed by atoms with E-state index in [0.29, 0.717) is 5.11 Å². The molecule has 0 N–H and O–H groups in total. The summed E-state index contributed by atoms with van der Waals surface area (Å²) >= 11 is 5.22. The maximum Gasteiger partial charge on any atom is 0.262 e. The first kappa shape index (κ1) is 14.0.